The van der Waals surface area contributed by atoms with Gasteiger partial charge < -0.3 is 5.32 Å². The minimum absolute atomic E-state index is 0.884. The third kappa shape index (κ3) is 11.0. The molecule has 0 bridgehead atoms. The molecule has 1 N–H and O–H groups in total. The van der Waals surface area contributed by atoms with Gasteiger partial charge in [-0.1, -0.05) is 40.7 Å². The average molecular weight is 210 g/mol. The first-order valence-corrected chi connectivity index (χ1v) is 6.04. The van der Waals surface area contributed by atoms with Crippen LogP contribution < -0.4 is 5.32 Å². The molecule has 1 aromatic heterocycles. The number of nitrogens with one attached hydrogen (secondary N) is 1. The van der Waals surface area contributed by atoms with E-state index in [9.17, 15) is 0 Å². The van der Waals surface area contributed by atoms with Crippen LogP contribution in [0.25, 0.3) is 0 Å². The highest BCUT2D eigenvalue weighted by Gasteiger charge is 1.88. The van der Waals surface area contributed by atoms with Gasteiger partial charge >= 0.3 is 0 Å². The lowest BCUT2D eigenvalue weighted by Gasteiger charge is -2.00. The van der Waals surface area contributed by atoms with Crippen LogP contribution >= 0.6 is 0 Å². The minimum Gasteiger partial charge on any atom is -0.311 e. The molecule has 2 heteroatoms. The van der Waals surface area contributed by atoms with Crippen molar-refractivity contribution in [3.63, 3.8) is 0 Å². The van der Waals surface area contributed by atoms with Gasteiger partial charge in [0.05, 0.1) is 5.69 Å². The standard InChI is InChI=1S/C9H14N2.2C2H6/c1-2-6-10-8-9-5-3-4-7-11-9;2*1-2/h3-5,7,10H,2,6,8H2,1H3;2*1-2H3. The molecular formula is C13H26N2. The van der Waals surface area contributed by atoms with E-state index in [1.54, 1.807) is 0 Å². The molecule has 0 aliphatic carbocycles. The fraction of sp³-hybridized carbons (Fsp3) is 0.615. The highest BCUT2D eigenvalue weighted by Crippen LogP contribution is 1.91. The summed E-state index contributed by atoms with van der Waals surface area (Å²) in [6.07, 6.45) is 3.00. The van der Waals surface area contributed by atoms with Gasteiger partial charge in [-0.3, -0.25) is 4.98 Å². The molecular weight excluding hydrogens is 184 g/mol. The summed E-state index contributed by atoms with van der Waals surface area (Å²) in [4.78, 5) is 4.19. The van der Waals surface area contributed by atoms with E-state index in [0.29, 0.717) is 0 Å². The Morgan fingerprint density at radius 2 is 1.80 bits per heavy atom. The fourth-order valence-electron chi connectivity index (χ4n) is 0.896. The monoisotopic (exact) mass is 210 g/mol. The Labute approximate surface area is 95.1 Å². The summed E-state index contributed by atoms with van der Waals surface area (Å²) in [6.45, 7) is 12.1. The normalized spacial score (nSPS) is 8.07. The lowest BCUT2D eigenvalue weighted by atomic mass is 10.3. The van der Waals surface area contributed by atoms with Crippen LogP contribution in [0.4, 0.5) is 0 Å². The SMILES string of the molecule is CC.CC.CCCNCc1ccccn1. The van der Waals surface area contributed by atoms with E-state index in [0.717, 1.165) is 18.8 Å². The Hall–Kier alpha value is -0.890. The summed E-state index contributed by atoms with van der Waals surface area (Å²) in [5.74, 6) is 0. The van der Waals surface area contributed by atoms with Gasteiger partial charge in [0.25, 0.3) is 0 Å². The van der Waals surface area contributed by atoms with Crippen LogP contribution in [0.15, 0.2) is 24.4 Å². The van der Waals surface area contributed by atoms with Crippen molar-refractivity contribution in [2.24, 2.45) is 0 Å². The zero-order valence-corrected chi connectivity index (χ0v) is 10.9. The molecule has 0 saturated carbocycles. The molecule has 0 atom stereocenters. The first-order valence-electron chi connectivity index (χ1n) is 6.04. The van der Waals surface area contributed by atoms with Gasteiger partial charge in [0.1, 0.15) is 0 Å². The topological polar surface area (TPSA) is 24.9 Å². The van der Waals surface area contributed by atoms with Crippen molar-refractivity contribution in [3.8, 4) is 0 Å². The molecule has 0 aliphatic rings. The third-order valence-corrected chi connectivity index (χ3v) is 1.46. The molecule has 1 rings (SSSR count). The molecule has 0 amide bonds. The van der Waals surface area contributed by atoms with Gasteiger partial charge in [0, 0.05) is 12.7 Å². The molecule has 0 aromatic carbocycles. The highest BCUT2D eigenvalue weighted by molar-refractivity contribution is 5.02. The smallest absolute Gasteiger partial charge is 0.0541 e. The molecule has 0 unspecified atom stereocenters. The predicted octanol–water partition coefficient (Wildman–Crippen LogP) is 3.63. The number of aromatic nitrogens is 1. The van der Waals surface area contributed by atoms with Crippen molar-refractivity contribution in [1.82, 2.24) is 10.3 Å². The van der Waals surface area contributed by atoms with Crippen molar-refractivity contribution in [2.45, 2.75) is 47.6 Å². The van der Waals surface area contributed by atoms with E-state index in [-0.39, 0.29) is 0 Å². The first kappa shape index (κ1) is 16.5. The first-order chi connectivity index (χ1) is 7.43. The van der Waals surface area contributed by atoms with Crippen molar-refractivity contribution in [3.05, 3.63) is 30.1 Å². The number of rotatable bonds is 4. The lowest BCUT2D eigenvalue weighted by molar-refractivity contribution is 0.664. The minimum atomic E-state index is 0.884. The Morgan fingerprint density at radius 3 is 2.27 bits per heavy atom. The molecule has 88 valence electrons. The molecule has 2 nitrogen and oxygen atoms in total. The molecule has 1 heterocycles. The van der Waals surface area contributed by atoms with Gasteiger partial charge in [-0.05, 0) is 25.1 Å². The zero-order chi connectivity index (χ0) is 11.9. The van der Waals surface area contributed by atoms with Crippen LogP contribution in [0.2, 0.25) is 0 Å². The average Bonchev–Trinajstić information content (AvgIpc) is 2.36. The Balaban J connectivity index is 0. The fourth-order valence-corrected chi connectivity index (χ4v) is 0.896. The van der Waals surface area contributed by atoms with Crippen LogP contribution in [-0.4, -0.2) is 11.5 Å². The van der Waals surface area contributed by atoms with Gasteiger partial charge in [-0.2, -0.15) is 0 Å². The molecule has 15 heavy (non-hydrogen) atoms. The maximum Gasteiger partial charge on any atom is 0.0541 e. The number of nitrogens with zero attached hydrogens (tertiary/aromatic N) is 1. The molecule has 0 aliphatic heterocycles. The number of hydrogen-bond acceptors (Lipinski definition) is 2. The highest BCUT2D eigenvalue weighted by atomic mass is 14.9. The maximum absolute atomic E-state index is 4.19. The second-order valence-electron chi connectivity index (χ2n) is 2.50. The predicted molar refractivity (Wildman–Crippen MR) is 68.9 cm³/mol. The Kier molecular flexibility index (Phi) is 17.2. The van der Waals surface area contributed by atoms with Gasteiger partial charge in [0.15, 0.2) is 0 Å². The van der Waals surface area contributed by atoms with E-state index in [2.05, 4.69) is 17.2 Å². The molecule has 0 spiro atoms. The molecule has 0 saturated heterocycles. The summed E-state index contributed by atoms with van der Waals surface area (Å²) in [7, 11) is 0. The van der Waals surface area contributed by atoms with Crippen molar-refractivity contribution < 1.29 is 0 Å². The summed E-state index contributed by atoms with van der Waals surface area (Å²) in [5.41, 5.74) is 1.11. The Bertz CT molecular complexity index is 185. The van der Waals surface area contributed by atoms with Crippen molar-refractivity contribution in [1.29, 1.82) is 0 Å². The molecule has 1 aromatic rings. The van der Waals surface area contributed by atoms with Crippen LogP contribution in [-0.2, 0) is 6.54 Å². The van der Waals surface area contributed by atoms with Crippen molar-refractivity contribution in [2.75, 3.05) is 6.54 Å². The molecule has 0 radical (unpaired) electrons. The van der Waals surface area contributed by atoms with E-state index in [1.807, 2.05) is 52.1 Å². The summed E-state index contributed by atoms with van der Waals surface area (Å²) >= 11 is 0. The van der Waals surface area contributed by atoms with Crippen LogP contribution in [0.1, 0.15) is 46.7 Å². The van der Waals surface area contributed by atoms with Crippen molar-refractivity contribution >= 4 is 0 Å². The lowest BCUT2D eigenvalue weighted by Crippen LogP contribution is -2.14. The zero-order valence-electron chi connectivity index (χ0n) is 10.9. The summed E-state index contributed by atoms with van der Waals surface area (Å²) in [5, 5.41) is 3.29. The van der Waals surface area contributed by atoms with Gasteiger partial charge in [-0.15, -0.1) is 0 Å². The van der Waals surface area contributed by atoms with E-state index in [1.165, 1.54) is 6.42 Å². The maximum atomic E-state index is 4.19. The largest absolute Gasteiger partial charge is 0.311 e. The number of pyridine rings is 1. The van der Waals surface area contributed by atoms with Crippen LogP contribution in [0, 0.1) is 0 Å². The number of hydrogen-bond donors (Lipinski definition) is 1. The summed E-state index contributed by atoms with van der Waals surface area (Å²) in [6, 6.07) is 5.97. The van der Waals surface area contributed by atoms with E-state index < -0.39 is 0 Å². The summed E-state index contributed by atoms with van der Waals surface area (Å²) < 4.78 is 0. The van der Waals surface area contributed by atoms with Gasteiger partial charge in [-0.25, -0.2) is 0 Å². The van der Waals surface area contributed by atoms with Gasteiger partial charge in [0.2, 0.25) is 0 Å². The second kappa shape index (κ2) is 15.6. The van der Waals surface area contributed by atoms with E-state index >= 15 is 0 Å². The van der Waals surface area contributed by atoms with E-state index in [4.69, 9.17) is 0 Å². The second-order valence-corrected chi connectivity index (χ2v) is 2.50. The Morgan fingerprint density at radius 1 is 1.13 bits per heavy atom. The molecule has 0 fully saturated rings. The van der Waals surface area contributed by atoms with Crippen LogP contribution in [0.5, 0.6) is 0 Å². The van der Waals surface area contributed by atoms with Crippen LogP contribution in [0.3, 0.4) is 0 Å². The third-order valence-electron chi connectivity index (χ3n) is 1.46. The quantitative estimate of drug-likeness (QED) is 0.768.